The minimum atomic E-state index is -0.825. The van der Waals surface area contributed by atoms with Gasteiger partial charge in [-0.3, -0.25) is 0 Å². The average Bonchev–Trinajstić information content (AvgIpc) is 2.09. The lowest BCUT2D eigenvalue weighted by molar-refractivity contribution is -0.196. The van der Waals surface area contributed by atoms with Gasteiger partial charge in [-0.05, 0) is 6.42 Å². The summed E-state index contributed by atoms with van der Waals surface area (Å²) in [5.74, 6) is 0. The molecule has 1 aliphatic rings. The summed E-state index contributed by atoms with van der Waals surface area (Å²) in [4.78, 5) is 0. The van der Waals surface area contributed by atoms with Gasteiger partial charge in [-0.1, -0.05) is 6.92 Å². The van der Waals surface area contributed by atoms with Crippen LogP contribution in [-0.4, -0.2) is 48.3 Å². The maximum absolute atomic E-state index is 9.48. The van der Waals surface area contributed by atoms with Crippen LogP contribution in [0.3, 0.4) is 0 Å². The Kier molecular flexibility index (Phi) is 3.46. The van der Waals surface area contributed by atoms with Crippen molar-refractivity contribution < 1.29 is 19.7 Å². The van der Waals surface area contributed by atoms with Gasteiger partial charge in [0, 0.05) is 7.11 Å². The van der Waals surface area contributed by atoms with Crippen LogP contribution in [0.25, 0.3) is 0 Å². The molecule has 0 bridgehead atoms. The number of aliphatic hydroxyl groups excluding tert-OH is 2. The third-order valence-corrected chi connectivity index (χ3v) is 2.25. The van der Waals surface area contributed by atoms with Crippen molar-refractivity contribution in [2.24, 2.45) is 0 Å². The Morgan fingerprint density at radius 2 is 2.17 bits per heavy atom. The molecule has 72 valence electrons. The smallest absolute Gasteiger partial charge is 0.112 e. The number of aliphatic hydroxyl groups is 2. The van der Waals surface area contributed by atoms with Crippen molar-refractivity contribution in [3.63, 3.8) is 0 Å². The van der Waals surface area contributed by atoms with Crippen LogP contribution in [0.2, 0.25) is 0 Å². The monoisotopic (exact) mass is 176 g/mol. The van der Waals surface area contributed by atoms with Gasteiger partial charge in [0.05, 0.1) is 12.7 Å². The topological polar surface area (TPSA) is 58.9 Å². The summed E-state index contributed by atoms with van der Waals surface area (Å²) in [6.07, 6.45) is -1.37. The highest BCUT2D eigenvalue weighted by Crippen LogP contribution is 2.19. The number of ether oxygens (including phenoxy) is 2. The van der Waals surface area contributed by atoms with Crippen molar-refractivity contribution in [1.29, 1.82) is 0 Å². The highest BCUT2D eigenvalue weighted by molar-refractivity contribution is 4.86. The summed E-state index contributed by atoms with van der Waals surface area (Å²) in [6.45, 7) is 2.15. The first kappa shape index (κ1) is 9.92. The molecule has 1 rings (SSSR count). The minimum absolute atomic E-state index is 0.103. The van der Waals surface area contributed by atoms with Crippen LogP contribution < -0.4 is 0 Å². The molecule has 2 unspecified atom stereocenters. The van der Waals surface area contributed by atoms with Gasteiger partial charge in [0.15, 0.2) is 0 Å². The summed E-state index contributed by atoms with van der Waals surface area (Å²) in [6, 6.07) is 0. The van der Waals surface area contributed by atoms with Crippen molar-refractivity contribution in [1.82, 2.24) is 0 Å². The number of methoxy groups -OCH3 is 1. The first-order valence-corrected chi connectivity index (χ1v) is 4.21. The van der Waals surface area contributed by atoms with Crippen LogP contribution in [0.5, 0.6) is 0 Å². The molecule has 1 saturated heterocycles. The quantitative estimate of drug-likeness (QED) is 0.597. The summed E-state index contributed by atoms with van der Waals surface area (Å²) >= 11 is 0. The van der Waals surface area contributed by atoms with Crippen molar-refractivity contribution in [2.45, 2.75) is 37.8 Å². The lowest BCUT2D eigenvalue weighted by Gasteiger charge is -2.36. The molecule has 0 saturated carbocycles. The Morgan fingerprint density at radius 1 is 1.50 bits per heavy atom. The zero-order chi connectivity index (χ0) is 9.14. The third kappa shape index (κ3) is 1.77. The van der Waals surface area contributed by atoms with E-state index in [1.54, 1.807) is 0 Å². The van der Waals surface area contributed by atoms with E-state index in [1.165, 1.54) is 7.11 Å². The van der Waals surface area contributed by atoms with Gasteiger partial charge in [-0.2, -0.15) is 0 Å². The van der Waals surface area contributed by atoms with Crippen LogP contribution >= 0.6 is 0 Å². The van der Waals surface area contributed by atoms with E-state index in [9.17, 15) is 10.2 Å². The van der Waals surface area contributed by atoms with Crippen molar-refractivity contribution in [2.75, 3.05) is 13.7 Å². The van der Waals surface area contributed by atoms with Crippen LogP contribution in [-0.2, 0) is 9.47 Å². The predicted octanol–water partition coefficient (Wildman–Crippen LogP) is -0.468. The van der Waals surface area contributed by atoms with E-state index >= 15 is 0 Å². The Hall–Kier alpha value is -0.160. The average molecular weight is 176 g/mol. The normalized spacial score (nSPS) is 43.0. The first-order valence-electron chi connectivity index (χ1n) is 4.21. The van der Waals surface area contributed by atoms with Crippen molar-refractivity contribution in [3.8, 4) is 0 Å². The molecule has 12 heavy (non-hydrogen) atoms. The fraction of sp³-hybridized carbons (Fsp3) is 1.00. The fourth-order valence-corrected chi connectivity index (χ4v) is 1.50. The van der Waals surface area contributed by atoms with E-state index in [1.807, 2.05) is 6.92 Å². The fourth-order valence-electron chi connectivity index (χ4n) is 1.50. The Balaban J connectivity index is 2.58. The summed E-state index contributed by atoms with van der Waals surface area (Å²) in [5.41, 5.74) is 0. The lowest BCUT2D eigenvalue weighted by Crippen LogP contribution is -2.53. The molecule has 0 spiro atoms. The summed E-state index contributed by atoms with van der Waals surface area (Å²) < 4.78 is 10.3. The van der Waals surface area contributed by atoms with Gasteiger partial charge in [0.2, 0.25) is 0 Å². The molecule has 1 fully saturated rings. The van der Waals surface area contributed by atoms with E-state index in [0.29, 0.717) is 0 Å². The molecule has 1 heterocycles. The van der Waals surface area contributed by atoms with Crippen LogP contribution in [0, 0.1) is 0 Å². The largest absolute Gasteiger partial charge is 0.388 e. The molecule has 0 amide bonds. The van der Waals surface area contributed by atoms with E-state index < -0.39 is 18.3 Å². The second-order valence-electron chi connectivity index (χ2n) is 3.04. The number of hydrogen-bond acceptors (Lipinski definition) is 4. The highest BCUT2D eigenvalue weighted by Gasteiger charge is 2.37. The summed E-state index contributed by atoms with van der Waals surface area (Å²) in [5, 5.41) is 18.7. The molecule has 4 atom stereocenters. The van der Waals surface area contributed by atoms with Crippen LogP contribution in [0.1, 0.15) is 13.3 Å². The Morgan fingerprint density at radius 3 is 2.67 bits per heavy atom. The molecule has 0 aromatic rings. The van der Waals surface area contributed by atoms with E-state index in [4.69, 9.17) is 9.47 Å². The zero-order valence-corrected chi connectivity index (χ0v) is 7.43. The number of rotatable bonds is 2. The molecule has 0 radical (unpaired) electrons. The highest BCUT2D eigenvalue weighted by atomic mass is 16.6. The second kappa shape index (κ2) is 4.18. The molecule has 1 aliphatic heterocycles. The minimum Gasteiger partial charge on any atom is -0.388 e. The van der Waals surface area contributed by atoms with E-state index in [2.05, 4.69) is 0 Å². The SMILES string of the molecule is CCC1OC[C@@H](O)[C@@H](O)C1OC. The second-order valence-corrected chi connectivity index (χ2v) is 3.04. The molecule has 2 N–H and O–H groups in total. The van der Waals surface area contributed by atoms with Gasteiger partial charge in [0.1, 0.15) is 18.3 Å². The van der Waals surface area contributed by atoms with Gasteiger partial charge >= 0.3 is 0 Å². The molecule has 0 aromatic heterocycles. The van der Waals surface area contributed by atoms with Gasteiger partial charge in [-0.25, -0.2) is 0 Å². The Labute approximate surface area is 72.1 Å². The molecule has 4 heteroatoms. The van der Waals surface area contributed by atoms with E-state index in [-0.39, 0.29) is 12.7 Å². The van der Waals surface area contributed by atoms with Crippen LogP contribution in [0.4, 0.5) is 0 Å². The van der Waals surface area contributed by atoms with Gasteiger partial charge in [0.25, 0.3) is 0 Å². The zero-order valence-electron chi connectivity index (χ0n) is 7.43. The van der Waals surface area contributed by atoms with Gasteiger partial charge in [-0.15, -0.1) is 0 Å². The predicted molar refractivity (Wildman–Crippen MR) is 42.8 cm³/mol. The van der Waals surface area contributed by atoms with Crippen LogP contribution in [0.15, 0.2) is 0 Å². The number of hydrogen-bond donors (Lipinski definition) is 2. The maximum atomic E-state index is 9.48. The maximum Gasteiger partial charge on any atom is 0.112 e. The van der Waals surface area contributed by atoms with Gasteiger partial charge < -0.3 is 19.7 Å². The molecule has 0 aromatic carbocycles. The first-order chi connectivity index (χ1) is 5.70. The van der Waals surface area contributed by atoms with E-state index in [0.717, 1.165) is 6.42 Å². The lowest BCUT2D eigenvalue weighted by atomic mass is 9.98. The van der Waals surface area contributed by atoms with Crippen molar-refractivity contribution in [3.05, 3.63) is 0 Å². The molecule has 4 nitrogen and oxygen atoms in total. The van der Waals surface area contributed by atoms with Crippen molar-refractivity contribution >= 4 is 0 Å². The molecular formula is C8H16O4. The molecule has 0 aliphatic carbocycles. The Bertz CT molecular complexity index is 137. The molecular weight excluding hydrogens is 160 g/mol. The third-order valence-electron chi connectivity index (χ3n) is 2.25. The summed E-state index contributed by atoms with van der Waals surface area (Å²) in [7, 11) is 1.51. The standard InChI is InChI=1S/C8H16O4/c1-3-6-8(11-2)7(10)5(9)4-12-6/h5-10H,3-4H2,1-2H3/t5-,6?,7-,8?/m1/s1.